The molecule has 0 aromatic heterocycles. The summed E-state index contributed by atoms with van der Waals surface area (Å²) >= 11 is 6.49. The van der Waals surface area contributed by atoms with Crippen molar-refractivity contribution in [3.8, 4) is 11.5 Å². The van der Waals surface area contributed by atoms with Gasteiger partial charge in [-0.3, -0.25) is 4.79 Å². The number of carbonyl (C=O) groups is 1. The molecule has 10 heteroatoms. The molecule has 39 heavy (non-hydrogen) atoms. The molecule has 0 fully saturated rings. The van der Waals surface area contributed by atoms with E-state index in [1.807, 2.05) is 60.7 Å². The first-order valence-corrected chi connectivity index (χ1v) is 12.8. The van der Waals surface area contributed by atoms with Gasteiger partial charge in [0.25, 0.3) is 0 Å². The number of methoxy groups -OCH3 is 2. The van der Waals surface area contributed by atoms with Crippen LogP contribution in [0.1, 0.15) is 22.7 Å². The van der Waals surface area contributed by atoms with Crippen molar-refractivity contribution >= 4 is 17.6 Å². The summed E-state index contributed by atoms with van der Waals surface area (Å²) in [6.45, 7) is 1.50. The van der Waals surface area contributed by atoms with Gasteiger partial charge in [0.15, 0.2) is 25.1 Å². The van der Waals surface area contributed by atoms with E-state index in [-0.39, 0.29) is 26.0 Å². The molecular formula is C29H34ClNO8. The SMILES string of the molecule is COCCOCOc1cc(Cl)c(CC(=O)ONC(c2ccccc2)c2ccccc2)cc1OCOCCOC. The van der Waals surface area contributed by atoms with Crippen molar-refractivity contribution in [1.29, 1.82) is 0 Å². The van der Waals surface area contributed by atoms with Gasteiger partial charge in [0.05, 0.1) is 38.9 Å². The second kappa shape index (κ2) is 17.4. The number of benzene rings is 3. The minimum Gasteiger partial charge on any atom is -0.464 e. The first-order valence-electron chi connectivity index (χ1n) is 12.4. The Labute approximate surface area is 233 Å². The molecule has 0 aliphatic rings. The minimum absolute atomic E-state index is 0.0355. The molecule has 0 bridgehead atoms. The summed E-state index contributed by atoms with van der Waals surface area (Å²) in [5, 5.41) is 0.314. The van der Waals surface area contributed by atoms with Gasteiger partial charge in [-0.05, 0) is 22.8 Å². The van der Waals surface area contributed by atoms with Gasteiger partial charge >= 0.3 is 5.97 Å². The van der Waals surface area contributed by atoms with Gasteiger partial charge < -0.3 is 33.3 Å². The molecule has 0 amide bonds. The highest BCUT2D eigenvalue weighted by Gasteiger charge is 2.19. The predicted octanol–water partition coefficient (Wildman–Crippen LogP) is 4.72. The third-order valence-electron chi connectivity index (χ3n) is 5.46. The molecule has 3 aromatic rings. The molecule has 0 radical (unpaired) electrons. The smallest absolute Gasteiger partial charge is 0.329 e. The van der Waals surface area contributed by atoms with E-state index >= 15 is 0 Å². The fourth-order valence-corrected chi connectivity index (χ4v) is 3.71. The average Bonchev–Trinajstić information content (AvgIpc) is 2.96. The Morgan fingerprint density at radius 3 is 1.79 bits per heavy atom. The number of nitrogens with one attached hydrogen (secondary N) is 1. The highest BCUT2D eigenvalue weighted by Crippen LogP contribution is 2.34. The van der Waals surface area contributed by atoms with Gasteiger partial charge in [-0.1, -0.05) is 72.3 Å². The Kier molecular flexibility index (Phi) is 13.6. The highest BCUT2D eigenvalue weighted by molar-refractivity contribution is 6.31. The Balaban J connectivity index is 1.67. The average molecular weight is 560 g/mol. The first-order chi connectivity index (χ1) is 19.1. The lowest BCUT2D eigenvalue weighted by Gasteiger charge is -2.19. The second-order valence-electron chi connectivity index (χ2n) is 8.24. The number of hydrogen-bond acceptors (Lipinski definition) is 9. The Morgan fingerprint density at radius 1 is 0.769 bits per heavy atom. The number of carbonyl (C=O) groups excluding carboxylic acids is 1. The summed E-state index contributed by atoms with van der Waals surface area (Å²) in [6.07, 6.45) is -0.104. The maximum Gasteiger partial charge on any atom is 0.329 e. The van der Waals surface area contributed by atoms with Crippen LogP contribution in [0, 0.1) is 0 Å². The second-order valence-corrected chi connectivity index (χ2v) is 8.65. The third-order valence-corrected chi connectivity index (χ3v) is 5.81. The zero-order chi connectivity index (χ0) is 27.7. The zero-order valence-corrected chi connectivity index (χ0v) is 22.9. The highest BCUT2D eigenvalue weighted by atomic mass is 35.5. The van der Waals surface area contributed by atoms with E-state index in [0.29, 0.717) is 48.5 Å². The standard InChI is InChI=1S/C29H34ClNO8/c1-33-13-15-35-20-37-26-17-24(25(30)19-27(26)38-21-36-16-14-34-2)18-28(32)39-31-29(22-9-5-3-6-10-22)23-11-7-4-8-12-23/h3-12,17,19,29,31H,13-16,18,20-21H2,1-2H3. The van der Waals surface area contributed by atoms with Crippen LogP contribution >= 0.6 is 11.6 Å². The normalized spacial score (nSPS) is 11.0. The van der Waals surface area contributed by atoms with Crippen LogP contribution in [-0.2, 0) is 35.0 Å². The lowest BCUT2D eigenvalue weighted by atomic mass is 10.00. The zero-order valence-electron chi connectivity index (χ0n) is 22.1. The maximum absolute atomic E-state index is 12.8. The van der Waals surface area contributed by atoms with Gasteiger partial charge in [-0.2, -0.15) is 0 Å². The topological polar surface area (TPSA) is 93.7 Å². The van der Waals surface area contributed by atoms with Crippen molar-refractivity contribution in [2.45, 2.75) is 12.5 Å². The molecule has 0 unspecified atom stereocenters. The summed E-state index contributed by atoms with van der Waals surface area (Å²) in [5.74, 6) is 0.165. The van der Waals surface area contributed by atoms with Crippen molar-refractivity contribution in [3.05, 3.63) is 94.5 Å². The first kappa shape index (κ1) is 30.4. The van der Waals surface area contributed by atoms with Gasteiger partial charge in [-0.15, -0.1) is 5.48 Å². The molecule has 9 nitrogen and oxygen atoms in total. The number of rotatable bonds is 18. The fraction of sp³-hybridized carbons (Fsp3) is 0.345. The van der Waals surface area contributed by atoms with E-state index in [4.69, 9.17) is 44.9 Å². The number of hydrogen-bond donors (Lipinski definition) is 1. The third kappa shape index (κ3) is 10.5. The van der Waals surface area contributed by atoms with Crippen LogP contribution < -0.4 is 15.0 Å². The number of ether oxygens (including phenoxy) is 6. The van der Waals surface area contributed by atoms with Crippen molar-refractivity contribution in [2.24, 2.45) is 0 Å². The lowest BCUT2D eigenvalue weighted by Crippen LogP contribution is -2.27. The van der Waals surface area contributed by atoms with Crippen molar-refractivity contribution < 1.29 is 38.1 Å². The molecule has 210 valence electrons. The molecule has 0 aliphatic heterocycles. The molecule has 0 spiro atoms. The summed E-state index contributed by atoms with van der Waals surface area (Å²) in [7, 11) is 3.17. The Bertz CT molecular complexity index is 1080. The number of halogens is 1. The van der Waals surface area contributed by atoms with Gasteiger partial charge in [0.1, 0.15) is 0 Å². The monoisotopic (exact) mass is 559 g/mol. The Hall–Kier alpha value is -3.18. The van der Waals surface area contributed by atoms with E-state index in [9.17, 15) is 4.79 Å². The van der Waals surface area contributed by atoms with E-state index in [1.54, 1.807) is 26.4 Å². The maximum atomic E-state index is 12.8. The summed E-state index contributed by atoms with van der Waals surface area (Å²) in [4.78, 5) is 18.3. The van der Waals surface area contributed by atoms with Crippen LogP contribution in [0.4, 0.5) is 0 Å². The summed E-state index contributed by atoms with van der Waals surface area (Å²) in [5.41, 5.74) is 5.31. The largest absolute Gasteiger partial charge is 0.464 e. The molecule has 0 aliphatic carbocycles. The molecule has 1 N–H and O–H groups in total. The van der Waals surface area contributed by atoms with Gasteiger partial charge in [0.2, 0.25) is 0 Å². The van der Waals surface area contributed by atoms with Crippen LogP contribution in [0.5, 0.6) is 11.5 Å². The van der Waals surface area contributed by atoms with Crippen LogP contribution in [0.3, 0.4) is 0 Å². The van der Waals surface area contributed by atoms with Crippen LogP contribution in [0.15, 0.2) is 72.8 Å². The van der Waals surface area contributed by atoms with E-state index in [0.717, 1.165) is 11.1 Å². The van der Waals surface area contributed by atoms with Crippen LogP contribution in [0.25, 0.3) is 0 Å². The molecule has 3 aromatic carbocycles. The molecule has 0 atom stereocenters. The van der Waals surface area contributed by atoms with Crippen LogP contribution in [0.2, 0.25) is 5.02 Å². The lowest BCUT2D eigenvalue weighted by molar-refractivity contribution is -0.151. The summed E-state index contributed by atoms with van der Waals surface area (Å²) < 4.78 is 32.1. The van der Waals surface area contributed by atoms with Gasteiger partial charge in [0, 0.05) is 25.3 Å². The molecule has 0 heterocycles. The van der Waals surface area contributed by atoms with Gasteiger partial charge in [-0.25, -0.2) is 0 Å². The quantitative estimate of drug-likeness (QED) is 0.135. The molecule has 3 rings (SSSR count). The Morgan fingerprint density at radius 2 is 1.28 bits per heavy atom. The van der Waals surface area contributed by atoms with Crippen LogP contribution in [-0.4, -0.2) is 60.2 Å². The van der Waals surface area contributed by atoms with Crippen molar-refractivity contribution in [1.82, 2.24) is 5.48 Å². The van der Waals surface area contributed by atoms with Crippen molar-refractivity contribution in [2.75, 3.05) is 54.2 Å². The molecule has 0 saturated heterocycles. The van der Waals surface area contributed by atoms with Crippen molar-refractivity contribution in [3.63, 3.8) is 0 Å². The minimum atomic E-state index is -0.521. The summed E-state index contributed by atoms with van der Waals surface area (Å²) in [6, 6.07) is 22.3. The fourth-order valence-electron chi connectivity index (χ4n) is 3.49. The van der Waals surface area contributed by atoms with E-state index < -0.39 is 5.97 Å². The predicted molar refractivity (Wildman–Crippen MR) is 146 cm³/mol. The number of hydroxylamine groups is 1. The molecular weight excluding hydrogens is 526 g/mol. The molecule has 0 saturated carbocycles. The van der Waals surface area contributed by atoms with E-state index in [2.05, 4.69) is 5.48 Å². The van der Waals surface area contributed by atoms with E-state index in [1.165, 1.54) is 0 Å².